The van der Waals surface area contributed by atoms with Crippen LogP contribution in [0.15, 0.2) is 6.33 Å². The Bertz CT molecular complexity index is 137. The fourth-order valence-corrected chi connectivity index (χ4v) is 0.380. The second-order valence-electron chi connectivity index (χ2n) is 1.26. The topological polar surface area (TPSA) is 63.8 Å². The summed E-state index contributed by atoms with van der Waals surface area (Å²) in [6, 6.07) is 0. The number of aromatic nitrogens is 4. The zero-order chi connectivity index (χ0) is 5.82. The van der Waals surface area contributed by atoms with Crippen molar-refractivity contribution in [3.63, 3.8) is 0 Å². The van der Waals surface area contributed by atoms with E-state index in [1.165, 1.54) is 11.1 Å². The fourth-order valence-electron chi connectivity index (χ4n) is 0.380. The largest absolute Gasteiger partial charge is 0.394 e. The highest BCUT2D eigenvalue weighted by Crippen LogP contribution is 1.69. The van der Waals surface area contributed by atoms with E-state index in [4.69, 9.17) is 5.11 Å². The number of hydrogen-bond donors (Lipinski definition) is 1. The predicted octanol–water partition coefficient (Wildman–Crippen LogP) is -1.33. The molecule has 0 aliphatic carbocycles. The highest BCUT2D eigenvalue weighted by atomic mass is 16.3. The Morgan fingerprint density at radius 1 is 1.62 bits per heavy atom. The van der Waals surface area contributed by atoms with Crippen LogP contribution < -0.4 is 0 Å². The van der Waals surface area contributed by atoms with Gasteiger partial charge in [-0.25, -0.2) is 0 Å². The molecule has 0 atom stereocenters. The van der Waals surface area contributed by atoms with Crippen molar-refractivity contribution in [2.24, 2.45) is 0 Å². The van der Waals surface area contributed by atoms with Gasteiger partial charge in [0, 0.05) is 0 Å². The minimum absolute atomic E-state index is 0.0519. The van der Waals surface area contributed by atoms with Gasteiger partial charge in [-0.1, -0.05) is 0 Å². The molecule has 0 saturated heterocycles. The monoisotopic (exact) mass is 114 g/mol. The summed E-state index contributed by atoms with van der Waals surface area (Å²) in [7, 11) is 0. The zero-order valence-corrected chi connectivity index (χ0v) is 4.23. The molecule has 1 N–H and O–H groups in total. The Kier molecular flexibility index (Phi) is 1.53. The minimum atomic E-state index is 0.0519. The molecular weight excluding hydrogens is 108 g/mol. The molecule has 0 aliphatic heterocycles. The zero-order valence-electron chi connectivity index (χ0n) is 4.23. The van der Waals surface area contributed by atoms with Gasteiger partial charge in [0.05, 0.1) is 13.2 Å². The Morgan fingerprint density at radius 3 is 3.00 bits per heavy atom. The molecule has 0 aromatic carbocycles. The van der Waals surface area contributed by atoms with Crippen LogP contribution in [0.2, 0.25) is 0 Å². The van der Waals surface area contributed by atoms with Crippen LogP contribution in [-0.2, 0) is 6.54 Å². The van der Waals surface area contributed by atoms with Crippen molar-refractivity contribution in [2.45, 2.75) is 6.54 Å². The first-order valence-electron chi connectivity index (χ1n) is 2.25. The summed E-state index contributed by atoms with van der Waals surface area (Å²) >= 11 is 0. The van der Waals surface area contributed by atoms with E-state index < -0.39 is 0 Å². The number of tetrazole rings is 1. The van der Waals surface area contributed by atoms with Gasteiger partial charge in [-0.3, -0.25) is 0 Å². The van der Waals surface area contributed by atoms with Gasteiger partial charge in [-0.2, -0.15) is 4.80 Å². The molecule has 0 unspecified atom stereocenters. The summed E-state index contributed by atoms with van der Waals surface area (Å²) in [5.41, 5.74) is 0. The summed E-state index contributed by atoms with van der Waals surface area (Å²) < 4.78 is 0. The van der Waals surface area contributed by atoms with Crippen molar-refractivity contribution in [2.75, 3.05) is 6.61 Å². The molecule has 0 bridgehead atoms. The van der Waals surface area contributed by atoms with Gasteiger partial charge in [-0.05, 0) is 5.21 Å². The van der Waals surface area contributed by atoms with Crippen LogP contribution in [0, 0.1) is 0 Å². The summed E-state index contributed by atoms with van der Waals surface area (Å²) in [6.07, 6.45) is 1.33. The van der Waals surface area contributed by atoms with E-state index >= 15 is 0 Å². The lowest BCUT2D eigenvalue weighted by Gasteiger charge is -1.88. The van der Waals surface area contributed by atoms with Crippen LogP contribution in [0.5, 0.6) is 0 Å². The highest BCUT2D eigenvalue weighted by molar-refractivity contribution is 4.36. The Labute approximate surface area is 45.9 Å². The normalized spacial score (nSPS) is 9.62. The van der Waals surface area contributed by atoms with E-state index in [2.05, 4.69) is 15.4 Å². The predicted molar refractivity (Wildman–Crippen MR) is 24.9 cm³/mol. The molecule has 5 heteroatoms. The first-order chi connectivity index (χ1) is 3.93. The van der Waals surface area contributed by atoms with Crippen molar-refractivity contribution in [3.8, 4) is 0 Å². The molecular formula is C3H6N4O. The number of aliphatic hydroxyl groups excluding tert-OH is 1. The molecule has 0 amide bonds. The third-order valence-electron chi connectivity index (χ3n) is 0.691. The standard InChI is InChI=1S/C3H6N4O/c8-2-1-7-5-3-4-6-7/h3,8H,1-2H2. The van der Waals surface area contributed by atoms with Crippen LogP contribution in [0.1, 0.15) is 0 Å². The van der Waals surface area contributed by atoms with Crippen molar-refractivity contribution in [1.82, 2.24) is 20.2 Å². The maximum Gasteiger partial charge on any atom is 0.162 e. The molecule has 8 heavy (non-hydrogen) atoms. The first kappa shape index (κ1) is 5.17. The van der Waals surface area contributed by atoms with Gasteiger partial charge in [0.15, 0.2) is 6.33 Å². The summed E-state index contributed by atoms with van der Waals surface area (Å²) in [6.45, 7) is 0.469. The number of hydrogen-bond acceptors (Lipinski definition) is 4. The Hall–Kier alpha value is -0.970. The first-order valence-corrected chi connectivity index (χ1v) is 2.25. The average molecular weight is 114 g/mol. The van der Waals surface area contributed by atoms with Gasteiger partial charge in [-0.15, -0.1) is 10.2 Å². The molecule has 1 aromatic heterocycles. The molecule has 5 nitrogen and oxygen atoms in total. The van der Waals surface area contributed by atoms with Crippen LogP contribution in [0.3, 0.4) is 0 Å². The van der Waals surface area contributed by atoms with E-state index in [0.717, 1.165) is 0 Å². The second kappa shape index (κ2) is 2.37. The maximum atomic E-state index is 8.31. The highest BCUT2D eigenvalue weighted by Gasteiger charge is 1.86. The molecule has 0 radical (unpaired) electrons. The number of nitrogens with zero attached hydrogens (tertiary/aromatic N) is 4. The third-order valence-corrected chi connectivity index (χ3v) is 0.691. The molecule has 0 saturated carbocycles. The van der Waals surface area contributed by atoms with E-state index in [0.29, 0.717) is 6.54 Å². The second-order valence-corrected chi connectivity index (χ2v) is 1.26. The van der Waals surface area contributed by atoms with Crippen LogP contribution >= 0.6 is 0 Å². The summed E-state index contributed by atoms with van der Waals surface area (Å²) in [5, 5.41) is 18.9. The Morgan fingerprint density at radius 2 is 2.50 bits per heavy atom. The van der Waals surface area contributed by atoms with Gasteiger partial charge in [0.25, 0.3) is 0 Å². The van der Waals surface area contributed by atoms with Gasteiger partial charge < -0.3 is 5.11 Å². The van der Waals surface area contributed by atoms with Crippen LogP contribution in [-0.4, -0.2) is 31.9 Å². The minimum Gasteiger partial charge on any atom is -0.394 e. The molecule has 1 aromatic rings. The molecule has 1 rings (SSSR count). The van der Waals surface area contributed by atoms with Crippen molar-refractivity contribution >= 4 is 0 Å². The van der Waals surface area contributed by atoms with E-state index in [9.17, 15) is 0 Å². The average Bonchev–Trinajstić information content (AvgIpc) is 2.19. The number of aliphatic hydroxyl groups is 1. The molecule has 1 heterocycles. The molecule has 44 valence electrons. The van der Waals surface area contributed by atoms with Crippen molar-refractivity contribution < 1.29 is 5.11 Å². The Balaban J connectivity index is 2.50. The number of rotatable bonds is 2. The molecule has 0 spiro atoms. The third kappa shape index (κ3) is 1.00. The SMILES string of the molecule is OCCn1ncnn1. The van der Waals surface area contributed by atoms with Crippen molar-refractivity contribution in [1.29, 1.82) is 0 Å². The van der Waals surface area contributed by atoms with Crippen molar-refractivity contribution in [3.05, 3.63) is 6.33 Å². The van der Waals surface area contributed by atoms with Gasteiger partial charge in [0.1, 0.15) is 0 Å². The van der Waals surface area contributed by atoms with Gasteiger partial charge in [0.2, 0.25) is 0 Å². The summed E-state index contributed by atoms with van der Waals surface area (Å²) in [5.74, 6) is 0. The maximum absolute atomic E-state index is 8.31. The van der Waals surface area contributed by atoms with E-state index in [-0.39, 0.29) is 6.61 Å². The lowest BCUT2D eigenvalue weighted by molar-refractivity contribution is 0.259. The molecule has 0 fully saturated rings. The van der Waals surface area contributed by atoms with E-state index in [1.807, 2.05) is 0 Å². The van der Waals surface area contributed by atoms with Crippen LogP contribution in [0.25, 0.3) is 0 Å². The van der Waals surface area contributed by atoms with Crippen LogP contribution in [0.4, 0.5) is 0 Å². The fraction of sp³-hybridized carbons (Fsp3) is 0.667. The lowest BCUT2D eigenvalue weighted by atomic mass is 10.7. The quantitative estimate of drug-likeness (QED) is 0.517. The van der Waals surface area contributed by atoms with Gasteiger partial charge >= 0.3 is 0 Å². The molecule has 0 aliphatic rings. The lowest BCUT2D eigenvalue weighted by Crippen LogP contribution is -2.05. The summed E-state index contributed by atoms with van der Waals surface area (Å²) in [4.78, 5) is 1.32. The van der Waals surface area contributed by atoms with E-state index in [1.54, 1.807) is 0 Å². The smallest absolute Gasteiger partial charge is 0.162 e.